The van der Waals surface area contributed by atoms with Gasteiger partial charge in [0.15, 0.2) is 0 Å². The van der Waals surface area contributed by atoms with Gasteiger partial charge in [0.05, 0.1) is 5.69 Å². The van der Waals surface area contributed by atoms with E-state index in [9.17, 15) is 0 Å². The molecule has 2 bridgehead atoms. The Morgan fingerprint density at radius 2 is 2.08 bits per heavy atom. The molecule has 5 nitrogen and oxygen atoms in total. The molecule has 1 aliphatic carbocycles. The molecule has 0 saturated carbocycles. The standard InChI is InChI=1S/C19H22BrN5/c1-12-22-18-4-2-3-17(18)19(23-12)25-11-15-7-16(25)10-24(15)9-14-6-5-13(20)8-21-14/h5-6,8,15-16H,2-4,7,9-11H2,1H3. The van der Waals surface area contributed by atoms with Crippen molar-refractivity contribution in [3.05, 3.63) is 45.6 Å². The Morgan fingerprint density at radius 3 is 2.84 bits per heavy atom. The van der Waals surface area contributed by atoms with Gasteiger partial charge in [-0.25, -0.2) is 9.97 Å². The summed E-state index contributed by atoms with van der Waals surface area (Å²) in [7, 11) is 0. The number of rotatable bonds is 3. The largest absolute Gasteiger partial charge is 0.350 e. The Labute approximate surface area is 156 Å². The molecule has 6 heteroatoms. The van der Waals surface area contributed by atoms with Crippen LogP contribution in [-0.2, 0) is 19.4 Å². The zero-order valence-electron chi connectivity index (χ0n) is 14.5. The summed E-state index contributed by atoms with van der Waals surface area (Å²) in [5.74, 6) is 2.16. The van der Waals surface area contributed by atoms with Crippen LogP contribution in [0.2, 0.25) is 0 Å². The van der Waals surface area contributed by atoms with Crippen LogP contribution in [0.1, 0.15) is 35.6 Å². The van der Waals surface area contributed by atoms with Crippen LogP contribution in [0.25, 0.3) is 0 Å². The van der Waals surface area contributed by atoms with E-state index in [0.717, 1.165) is 48.5 Å². The summed E-state index contributed by atoms with van der Waals surface area (Å²) in [6, 6.07) is 5.40. The predicted octanol–water partition coefficient (Wildman–Crippen LogP) is 2.89. The number of fused-ring (bicyclic) bond motifs is 3. The van der Waals surface area contributed by atoms with Crippen molar-refractivity contribution in [2.24, 2.45) is 0 Å². The number of aryl methyl sites for hydroxylation is 2. The summed E-state index contributed by atoms with van der Waals surface area (Å²) < 4.78 is 1.04. The Morgan fingerprint density at radius 1 is 1.16 bits per heavy atom. The fourth-order valence-corrected chi connectivity index (χ4v) is 4.92. The van der Waals surface area contributed by atoms with Crippen LogP contribution in [0.15, 0.2) is 22.8 Å². The van der Waals surface area contributed by atoms with Gasteiger partial charge in [-0.15, -0.1) is 0 Å². The minimum absolute atomic E-state index is 0.583. The lowest BCUT2D eigenvalue weighted by Gasteiger charge is -2.35. The molecule has 2 saturated heterocycles. The number of hydrogen-bond acceptors (Lipinski definition) is 5. The second-order valence-electron chi connectivity index (χ2n) is 7.47. The Bertz CT molecular complexity index is 806. The fourth-order valence-electron chi connectivity index (χ4n) is 4.68. The molecular formula is C19H22BrN5. The van der Waals surface area contributed by atoms with E-state index >= 15 is 0 Å². The molecule has 2 unspecified atom stereocenters. The predicted molar refractivity (Wildman–Crippen MR) is 101 cm³/mol. The summed E-state index contributed by atoms with van der Waals surface area (Å²) in [5.41, 5.74) is 3.86. The number of aromatic nitrogens is 3. The van der Waals surface area contributed by atoms with Gasteiger partial charge < -0.3 is 4.90 Å². The lowest BCUT2D eigenvalue weighted by Crippen LogP contribution is -2.46. The van der Waals surface area contributed by atoms with Gasteiger partial charge in [0.2, 0.25) is 0 Å². The molecule has 3 aliphatic rings. The molecule has 5 rings (SSSR count). The molecule has 4 heterocycles. The van der Waals surface area contributed by atoms with Crippen LogP contribution in [0, 0.1) is 6.92 Å². The highest BCUT2D eigenvalue weighted by Gasteiger charge is 2.44. The number of halogens is 1. The topological polar surface area (TPSA) is 45.2 Å². The third-order valence-electron chi connectivity index (χ3n) is 5.80. The zero-order chi connectivity index (χ0) is 17.0. The van der Waals surface area contributed by atoms with Gasteiger partial charge in [-0.05, 0) is 60.7 Å². The van der Waals surface area contributed by atoms with E-state index in [1.807, 2.05) is 13.1 Å². The number of hydrogen-bond donors (Lipinski definition) is 0. The lowest BCUT2D eigenvalue weighted by molar-refractivity contribution is 0.227. The van der Waals surface area contributed by atoms with Crippen LogP contribution in [0.4, 0.5) is 5.82 Å². The SMILES string of the molecule is Cc1nc2c(c(N3CC4CC3CN4Cc3ccc(Br)cn3)n1)CCC2. The number of anilines is 1. The molecule has 0 N–H and O–H groups in total. The molecule has 0 spiro atoms. The van der Waals surface area contributed by atoms with Gasteiger partial charge in [-0.2, -0.15) is 0 Å². The van der Waals surface area contributed by atoms with Crippen molar-refractivity contribution in [1.82, 2.24) is 19.9 Å². The highest BCUT2D eigenvalue weighted by Crippen LogP contribution is 2.38. The molecule has 2 fully saturated rings. The molecule has 2 aliphatic heterocycles. The van der Waals surface area contributed by atoms with E-state index in [1.165, 1.54) is 29.9 Å². The van der Waals surface area contributed by atoms with Gasteiger partial charge in [-0.1, -0.05) is 0 Å². The lowest BCUT2D eigenvalue weighted by atomic mass is 10.2. The third-order valence-corrected chi connectivity index (χ3v) is 6.27. The third kappa shape index (κ3) is 2.75. The van der Waals surface area contributed by atoms with Crippen molar-refractivity contribution in [1.29, 1.82) is 0 Å². The highest BCUT2D eigenvalue weighted by atomic mass is 79.9. The number of likely N-dealkylation sites (tertiary alicyclic amines) is 1. The molecular weight excluding hydrogens is 378 g/mol. The van der Waals surface area contributed by atoms with Crippen molar-refractivity contribution in [2.45, 2.75) is 51.2 Å². The van der Waals surface area contributed by atoms with Crippen LogP contribution < -0.4 is 4.90 Å². The van der Waals surface area contributed by atoms with Gasteiger partial charge in [0, 0.05) is 53.6 Å². The smallest absolute Gasteiger partial charge is 0.136 e. The summed E-state index contributed by atoms with van der Waals surface area (Å²) in [6.07, 6.45) is 6.63. The second kappa shape index (κ2) is 6.02. The number of piperazine rings is 1. The first kappa shape index (κ1) is 15.7. The van der Waals surface area contributed by atoms with E-state index in [4.69, 9.17) is 4.98 Å². The maximum Gasteiger partial charge on any atom is 0.136 e. The Hall–Kier alpha value is -1.53. The van der Waals surface area contributed by atoms with E-state index in [2.05, 4.69) is 47.8 Å². The fraction of sp³-hybridized carbons (Fsp3) is 0.526. The van der Waals surface area contributed by atoms with Crippen molar-refractivity contribution in [2.75, 3.05) is 18.0 Å². The molecule has 0 aromatic carbocycles. The zero-order valence-corrected chi connectivity index (χ0v) is 16.0. The minimum Gasteiger partial charge on any atom is -0.350 e. The van der Waals surface area contributed by atoms with Crippen molar-refractivity contribution in [3.63, 3.8) is 0 Å². The van der Waals surface area contributed by atoms with Gasteiger partial charge in [0.1, 0.15) is 11.6 Å². The van der Waals surface area contributed by atoms with E-state index in [1.54, 1.807) is 0 Å². The van der Waals surface area contributed by atoms with E-state index in [-0.39, 0.29) is 0 Å². The second-order valence-corrected chi connectivity index (χ2v) is 8.38. The summed E-state index contributed by atoms with van der Waals surface area (Å²) >= 11 is 3.46. The molecule has 25 heavy (non-hydrogen) atoms. The van der Waals surface area contributed by atoms with Crippen molar-refractivity contribution >= 4 is 21.7 Å². The van der Waals surface area contributed by atoms with E-state index in [0.29, 0.717) is 12.1 Å². The first-order chi connectivity index (χ1) is 12.2. The highest BCUT2D eigenvalue weighted by molar-refractivity contribution is 9.10. The maximum atomic E-state index is 4.84. The number of pyridine rings is 1. The average molecular weight is 400 g/mol. The summed E-state index contributed by atoms with van der Waals surface area (Å²) in [6.45, 7) is 5.18. The van der Waals surface area contributed by atoms with Crippen molar-refractivity contribution in [3.8, 4) is 0 Å². The van der Waals surface area contributed by atoms with Gasteiger partial charge >= 0.3 is 0 Å². The first-order valence-electron chi connectivity index (χ1n) is 9.15. The van der Waals surface area contributed by atoms with Gasteiger partial charge in [-0.3, -0.25) is 9.88 Å². The molecule has 0 radical (unpaired) electrons. The van der Waals surface area contributed by atoms with Crippen LogP contribution in [0.3, 0.4) is 0 Å². The Balaban J connectivity index is 1.34. The van der Waals surface area contributed by atoms with E-state index < -0.39 is 0 Å². The first-order valence-corrected chi connectivity index (χ1v) is 9.94. The molecule has 0 amide bonds. The molecule has 2 atom stereocenters. The molecule has 2 aromatic rings. The van der Waals surface area contributed by atoms with Crippen LogP contribution in [0.5, 0.6) is 0 Å². The van der Waals surface area contributed by atoms with Crippen LogP contribution in [-0.4, -0.2) is 45.0 Å². The number of nitrogens with zero attached hydrogens (tertiary/aromatic N) is 5. The summed E-state index contributed by atoms with van der Waals surface area (Å²) in [4.78, 5) is 19.2. The maximum absolute atomic E-state index is 4.84. The molecule has 2 aromatic heterocycles. The average Bonchev–Trinajstić information content (AvgIpc) is 3.31. The normalized spacial score (nSPS) is 25.0. The minimum atomic E-state index is 0.583. The monoisotopic (exact) mass is 399 g/mol. The van der Waals surface area contributed by atoms with Crippen LogP contribution >= 0.6 is 15.9 Å². The summed E-state index contributed by atoms with van der Waals surface area (Å²) in [5, 5.41) is 0. The quantitative estimate of drug-likeness (QED) is 0.793. The molecule has 130 valence electrons. The van der Waals surface area contributed by atoms with Crippen molar-refractivity contribution < 1.29 is 0 Å². The Kier molecular flexibility index (Phi) is 3.78. The van der Waals surface area contributed by atoms with Gasteiger partial charge in [0.25, 0.3) is 0 Å².